The lowest BCUT2D eigenvalue weighted by atomic mass is 9.93. The van der Waals surface area contributed by atoms with Gasteiger partial charge in [-0.2, -0.15) is 0 Å². The van der Waals surface area contributed by atoms with Gasteiger partial charge in [-0.3, -0.25) is 14.7 Å². The summed E-state index contributed by atoms with van der Waals surface area (Å²) in [7, 11) is 3.49. The van der Waals surface area contributed by atoms with Crippen molar-refractivity contribution in [1.82, 2.24) is 25.8 Å². The van der Waals surface area contributed by atoms with Crippen LogP contribution in [0.2, 0.25) is 0 Å². The minimum Gasteiger partial charge on any atom is -0.358 e. The van der Waals surface area contributed by atoms with E-state index in [0.29, 0.717) is 12.6 Å². The van der Waals surface area contributed by atoms with Crippen molar-refractivity contribution in [3.8, 4) is 0 Å². The fraction of sp³-hybridized carbons (Fsp3) is 0.737. The summed E-state index contributed by atoms with van der Waals surface area (Å²) in [5.74, 6) is 0.919. The maximum absolute atomic E-state index is 11.5. The lowest BCUT2D eigenvalue weighted by Gasteiger charge is -2.32. The molecule has 1 aliphatic heterocycles. The predicted octanol–water partition coefficient (Wildman–Crippen LogP) is 1.36. The summed E-state index contributed by atoms with van der Waals surface area (Å²) in [5, 5.41) is 12.9. The molecule has 1 amide bonds. The summed E-state index contributed by atoms with van der Waals surface area (Å²) in [6, 6.07) is 0.393. The van der Waals surface area contributed by atoms with E-state index < -0.39 is 0 Å². The van der Waals surface area contributed by atoms with Gasteiger partial charge in [-0.1, -0.05) is 20.8 Å². The number of nitrogens with zero attached hydrogens (tertiary/aromatic N) is 3. The lowest BCUT2D eigenvalue weighted by Crippen LogP contribution is -2.50. The number of thiazole rings is 1. The zero-order valence-corrected chi connectivity index (χ0v) is 18.1. The first-order valence-electron chi connectivity index (χ1n) is 9.67. The third-order valence-corrected chi connectivity index (χ3v) is 5.66. The number of amides is 1. The van der Waals surface area contributed by atoms with Gasteiger partial charge in [0.05, 0.1) is 17.2 Å². The summed E-state index contributed by atoms with van der Waals surface area (Å²) in [6.45, 7) is 9.72. The summed E-state index contributed by atoms with van der Waals surface area (Å²) in [4.78, 5) is 22.7. The molecular weight excluding hydrogens is 360 g/mol. The van der Waals surface area contributed by atoms with Gasteiger partial charge >= 0.3 is 0 Å². The number of hydrogen-bond acceptors (Lipinski definition) is 5. The second-order valence-corrected chi connectivity index (χ2v) is 8.94. The van der Waals surface area contributed by atoms with E-state index in [2.05, 4.69) is 52.0 Å². The third-order valence-electron chi connectivity index (χ3n) is 4.75. The van der Waals surface area contributed by atoms with Crippen LogP contribution in [-0.2, 0) is 16.6 Å². The average molecular weight is 395 g/mol. The topological polar surface area (TPSA) is 81.7 Å². The number of aliphatic imine (C=N–C) groups is 1. The smallest absolute Gasteiger partial charge is 0.233 e. The van der Waals surface area contributed by atoms with Crippen molar-refractivity contribution in [3.05, 3.63) is 16.1 Å². The van der Waals surface area contributed by atoms with Crippen LogP contribution in [0, 0.1) is 0 Å². The maximum atomic E-state index is 11.5. The monoisotopic (exact) mass is 394 g/mol. The van der Waals surface area contributed by atoms with Crippen LogP contribution >= 0.6 is 11.3 Å². The maximum Gasteiger partial charge on any atom is 0.233 e. The van der Waals surface area contributed by atoms with Crippen molar-refractivity contribution in [2.24, 2.45) is 4.99 Å². The van der Waals surface area contributed by atoms with Gasteiger partial charge in [0.25, 0.3) is 0 Å². The Balaban J connectivity index is 1.70. The molecule has 0 unspecified atom stereocenters. The third kappa shape index (κ3) is 7.10. The van der Waals surface area contributed by atoms with Crippen LogP contribution in [0.5, 0.6) is 0 Å². The van der Waals surface area contributed by atoms with Crippen LogP contribution in [-0.4, -0.2) is 68.1 Å². The standard InChI is InChI=1S/C19H34N6OS/c1-19(2,3)15-13-27-17(24-15)6-9-22-18(21-5)23-14-7-10-25(11-8-14)12-16(26)20-4/h13-14H,6-12H2,1-5H3,(H,20,26)(H2,21,22,23). The van der Waals surface area contributed by atoms with Crippen molar-refractivity contribution in [1.29, 1.82) is 0 Å². The average Bonchev–Trinajstić information content (AvgIpc) is 3.11. The van der Waals surface area contributed by atoms with Gasteiger partial charge in [-0.25, -0.2) is 4.98 Å². The van der Waals surface area contributed by atoms with Crippen molar-refractivity contribution in [2.45, 2.75) is 51.5 Å². The minimum absolute atomic E-state index is 0.0793. The molecule has 0 bridgehead atoms. The summed E-state index contributed by atoms with van der Waals surface area (Å²) < 4.78 is 0. The molecule has 0 atom stereocenters. The molecular formula is C19H34N6OS. The molecule has 0 aromatic carbocycles. The Bertz CT molecular complexity index is 628. The number of aromatic nitrogens is 1. The number of carbonyl (C=O) groups excluding carboxylic acids is 1. The van der Waals surface area contributed by atoms with Gasteiger partial charge in [0, 0.05) is 57.0 Å². The molecule has 7 nitrogen and oxygen atoms in total. The number of nitrogens with one attached hydrogen (secondary N) is 3. The van der Waals surface area contributed by atoms with E-state index in [0.717, 1.165) is 55.6 Å². The summed E-state index contributed by atoms with van der Waals surface area (Å²) >= 11 is 1.73. The molecule has 0 spiro atoms. The Labute approximate surface area is 167 Å². The van der Waals surface area contributed by atoms with Gasteiger partial charge < -0.3 is 16.0 Å². The second kappa shape index (κ2) is 10.0. The van der Waals surface area contributed by atoms with E-state index >= 15 is 0 Å². The van der Waals surface area contributed by atoms with Crippen LogP contribution in [0.15, 0.2) is 10.4 Å². The molecule has 27 heavy (non-hydrogen) atoms. The fourth-order valence-corrected chi connectivity index (χ4v) is 3.99. The fourth-order valence-electron chi connectivity index (χ4n) is 2.96. The number of guanidine groups is 1. The van der Waals surface area contributed by atoms with E-state index in [1.165, 1.54) is 0 Å². The van der Waals surface area contributed by atoms with Crippen molar-refractivity contribution in [3.63, 3.8) is 0 Å². The number of piperidine rings is 1. The Morgan fingerprint density at radius 2 is 2.07 bits per heavy atom. The zero-order chi connectivity index (χ0) is 19.9. The first-order valence-corrected chi connectivity index (χ1v) is 10.5. The molecule has 0 saturated carbocycles. The van der Waals surface area contributed by atoms with Crippen molar-refractivity contribution >= 4 is 23.2 Å². The van der Waals surface area contributed by atoms with Crippen molar-refractivity contribution in [2.75, 3.05) is 40.3 Å². The van der Waals surface area contributed by atoms with Gasteiger partial charge in [-0.15, -0.1) is 11.3 Å². The molecule has 1 aromatic heterocycles. The summed E-state index contributed by atoms with van der Waals surface area (Å²) in [5.41, 5.74) is 1.26. The van der Waals surface area contributed by atoms with E-state index in [9.17, 15) is 4.79 Å². The van der Waals surface area contributed by atoms with Crippen LogP contribution < -0.4 is 16.0 Å². The second-order valence-electron chi connectivity index (χ2n) is 7.99. The number of likely N-dealkylation sites (tertiary alicyclic amines) is 1. The van der Waals surface area contributed by atoms with Crippen LogP contribution in [0.1, 0.15) is 44.3 Å². The van der Waals surface area contributed by atoms with Gasteiger partial charge in [0.1, 0.15) is 0 Å². The lowest BCUT2D eigenvalue weighted by molar-refractivity contribution is -0.122. The Morgan fingerprint density at radius 3 is 2.63 bits per heavy atom. The number of rotatable bonds is 6. The Hall–Kier alpha value is -1.67. The Kier molecular flexibility index (Phi) is 8.04. The van der Waals surface area contributed by atoms with Gasteiger partial charge in [-0.05, 0) is 12.8 Å². The number of carbonyl (C=O) groups is 1. The highest BCUT2D eigenvalue weighted by Gasteiger charge is 2.21. The molecule has 1 aliphatic rings. The van der Waals surface area contributed by atoms with E-state index in [-0.39, 0.29) is 11.3 Å². The molecule has 8 heteroatoms. The van der Waals surface area contributed by atoms with Gasteiger partial charge in [0.2, 0.25) is 5.91 Å². The molecule has 2 heterocycles. The van der Waals surface area contributed by atoms with Gasteiger partial charge in [0.15, 0.2) is 5.96 Å². The molecule has 1 saturated heterocycles. The highest BCUT2D eigenvalue weighted by atomic mass is 32.1. The summed E-state index contributed by atoms with van der Waals surface area (Å²) in [6.07, 6.45) is 2.92. The van der Waals surface area contributed by atoms with Crippen LogP contribution in [0.3, 0.4) is 0 Å². The van der Waals surface area contributed by atoms with E-state index in [1.54, 1.807) is 25.4 Å². The SMILES string of the molecule is CN=C(NCCc1nc(C(C)(C)C)cs1)NC1CCN(CC(=O)NC)CC1. The molecule has 3 N–H and O–H groups in total. The molecule has 0 aliphatic carbocycles. The largest absolute Gasteiger partial charge is 0.358 e. The molecule has 152 valence electrons. The van der Waals surface area contributed by atoms with Crippen LogP contribution in [0.25, 0.3) is 0 Å². The Morgan fingerprint density at radius 1 is 1.37 bits per heavy atom. The van der Waals surface area contributed by atoms with E-state index in [1.807, 2.05) is 0 Å². The number of likely N-dealkylation sites (N-methyl/N-ethyl adjacent to an activating group) is 1. The molecule has 0 radical (unpaired) electrons. The minimum atomic E-state index is 0.0793. The molecule has 1 fully saturated rings. The molecule has 2 rings (SSSR count). The van der Waals surface area contributed by atoms with Crippen molar-refractivity contribution < 1.29 is 4.79 Å². The zero-order valence-electron chi connectivity index (χ0n) is 17.3. The van der Waals surface area contributed by atoms with Crippen LogP contribution in [0.4, 0.5) is 0 Å². The quantitative estimate of drug-likeness (QED) is 0.501. The first kappa shape index (κ1) is 21.6. The molecule has 1 aromatic rings. The number of hydrogen-bond donors (Lipinski definition) is 3. The van der Waals surface area contributed by atoms with E-state index in [4.69, 9.17) is 4.98 Å². The highest BCUT2D eigenvalue weighted by Crippen LogP contribution is 2.23. The predicted molar refractivity (Wildman–Crippen MR) is 113 cm³/mol. The highest BCUT2D eigenvalue weighted by molar-refractivity contribution is 7.09. The normalized spacial score (nSPS) is 17.0. The first-order chi connectivity index (χ1) is 12.8.